The van der Waals surface area contributed by atoms with Gasteiger partial charge in [0.2, 0.25) is 17.8 Å². The number of ether oxygens (including phenoxy) is 3. The van der Waals surface area contributed by atoms with Crippen LogP contribution in [0.2, 0.25) is 5.02 Å². The number of fused-ring (bicyclic) bond motifs is 2. The smallest absolute Gasteiger partial charge is 0.244 e. The van der Waals surface area contributed by atoms with Gasteiger partial charge in [0.05, 0.1) is 25.4 Å². The maximum absolute atomic E-state index is 13.7. The lowest BCUT2D eigenvalue weighted by Crippen LogP contribution is -2.46. The quantitative estimate of drug-likeness (QED) is 0.468. The Kier molecular flexibility index (Phi) is 9.21. The van der Waals surface area contributed by atoms with Gasteiger partial charge in [-0.05, 0) is 63.1 Å². The van der Waals surface area contributed by atoms with Crippen LogP contribution in [-0.4, -0.2) is 72.7 Å². The normalized spacial score (nSPS) is 17.2. The van der Waals surface area contributed by atoms with Crippen molar-refractivity contribution in [1.29, 1.82) is 0 Å². The lowest BCUT2D eigenvalue weighted by Gasteiger charge is -2.34. The van der Waals surface area contributed by atoms with Crippen LogP contribution in [-0.2, 0) is 14.3 Å². The van der Waals surface area contributed by atoms with E-state index in [9.17, 15) is 9.59 Å². The number of para-hydroxylation sites is 2. The molecule has 41 heavy (non-hydrogen) atoms. The molecule has 10 nitrogen and oxygen atoms in total. The van der Waals surface area contributed by atoms with Gasteiger partial charge in [0.25, 0.3) is 0 Å². The number of anilines is 2. The minimum absolute atomic E-state index is 0.0692. The molecule has 1 fully saturated rings. The molecule has 1 N–H and O–H groups in total. The molecule has 2 aliphatic rings. The highest BCUT2D eigenvalue weighted by Gasteiger charge is 2.30. The summed E-state index contributed by atoms with van der Waals surface area (Å²) in [6.07, 6.45) is 1.29. The number of rotatable bonds is 2. The molecular weight excluding hydrogens is 546 g/mol. The van der Waals surface area contributed by atoms with Crippen LogP contribution in [0.3, 0.4) is 0 Å². The number of nitrogens with one attached hydrogen (secondary N) is 1. The van der Waals surface area contributed by atoms with Crippen molar-refractivity contribution >= 4 is 35.1 Å². The summed E-state index contributed by atoms with van der Waals surface area (Å²) in [6.45, 7) is 6.29. The Balaban J connectivity index is 1.30. The monoisotopic (exact) mass is 579 g/mol. The fourth-order valence-corrected chi connectivity index (χ4v) is 5.18. The number of aromatic nitrogens is 2. The van der Waals surface area contributed by atoms with Crippen LogP contribution >= 0.6 is 11.6 Å². The van der Waals surface area contributed by atoms with Gasteiger partial charge in [-0.1, -0.05) is 23.7 Å². The second kappa shape index (κ2) is 13.2. The zero-order valence-electron chi connectivity index (χ0n) is 23.3. The number of nitrogens with zero attached hydrogens (tertiary/aromatic N) is 4. The summed E-state index contributed by atoms with van der Waals surface area (Å²) in [4.78, 5) is 39.7. The standard InChI is InChI=1S/C30H34ClN5O5/c1-20-17-21(2)33-30(32-20)35-11-9-22(10-12-35)29(38)36-13-14-39-15-16-40-26-5-3-4-6-27(26)41-25-8-7-23(31)18-24(25)34-28(37)19-36/h3-8,17-18,22H,9-16,19H2,1-2H3,(H,34,37). The predicted molar refractivity (Wildman–Crippen MR) is 156 cm³/mol. The molecular formula is C30H34ClN5O5. The summed E-state index contributed by atoms with van der Waals surface area (Å²) < 4.78 is 17.8. The molecule has 5 rings (SSSR count). The summed E-state index contributed by atoms with van der Waals surface area (Å²) >= 11 is 6.25. The Morgan fingerprint density at radius 3 is 2.41 bits per heavy atom. The van der Waals surface area contributed by atoms with E-state index in [0.717, 1.165) is 11.4 Å². The summed E-state index contributed by atoms with van der Waals surface area (Å²) in [6, 6.07) is 14.2. The van der Waals surface area contributed by atoms with Crippen molar-refractivity contribution in [3.05, 3.63) is 64.9 Å². The zero-order valence-corrected chi connectivity index (χ0v) is 24.0. The Hall–Kier alpha value is -3.89. The Labute approximate surface area is 244 Å². The molecule has 0 spiro atoms. The number of halogens is 1. The van der Waals surface area contributed by atoms with Crippen LogP contribution in [0.5, 0.6) is 17.2 Å². The van der Waals surface area contributed by atoms with Crippen molar-refractivity contribution in [1.82, 2.24) is 14.9 Å². The average Bonchev–Trinajstić information content (AvgIpc) is 2.95. The Morgan fingerprint density at radius 2 is 1.66 bits per heavy atom. The van der Waals surface area contributed by atoms with E-state index in [4.69, 9.17) is 25.8 Å². The Bertz CT molecular complexity index is 1380. The second-order valence-electron chi connectivity index (χ2n) is 10.2. The summed E-state index contributed by atoms with van der Waals surface area (Å²) in [5, 5.41) is 3.32. The first-order valence-electron chi connectivity index (χ1n) is 13.8. The van der Waals surface area contributed by atoms with E-state index >= 15 is 0 Å². The van der Waals surface area contributed by atoms with E-state index in [0.29, 0.717) is 73.1 Å². The molecule has 1 aromatic heterocycles. The number of carbonyl (C=O) groups excluding carboxylic acids is 2. The van der Waals surface area contributed by atoms with Crippen molar-refractivity contribution in [3.63, 3.8) is 0 Å². The molecule has 1 saturated heterocycles. The molecule has 3 aromatic rings. The number of aryl methyl sites for hydroxylation is 2. The van der Waals surface area contributed by atoms with Crippen LogP contribution in [0.1, 0.15) is 24.2 Å². The number of amides is 2. The van der Waals surface area contributed by atoms with Crippen molar-refractivity contribution < 1.29 is 23.8 Å². The van der Waals surface area contributed by atoms with Crippen molar-refractivity contribution in [2.45, 2.75) is 26.7 Å². The van der Waals surface area contributed by atoms with Crippen LogP contribution in [0.25, 0.3) is 0 Å². The first-order chi connectivity index (χ1) is 19.9. The molecule has 0 saturated carbocycles. The molecule has 216 valence electrons. The number of piperidine rings is 1. The largest absolute Gasteiger partial charge is 0.487 e. The van der Waals surface area contributed by atoms with Crippen LogP contribution in [0, 0.1) is 19.8 Å². The van der Waals surface area contributed by atoms with Crippen molar-refractivity contribution in [3.8, 4) is 17.2 Å². The zero-order chi connectivity index (χ0) is 28.8. The van der Waals surface area contributed by atoms with Gasteiger partial charge in [0, 0.05) is 42.0 Å². The Morgan fingerprint density at radius 1 is 0.927 bits per heavy atom. The van der Waals surface area contributed by atoms with Crippen LogP contribution in [0.15, 0.2) is 48.5 Å². The molecule has 11 heteroatoms. The minimum atomic E-state index is -0.356. The molecule has 2 aromatic carbocycles. The van der Waals surface area contributed by atoms with Crippen LogP contribution in [0.4, 0.5) is 11.6 Å². The molecule has 0 unspecified atom stereocenters. The van der Waals surface area contributed by atoms with E-state index in [1.54, 1.807) is 35.2 Å². The minimum Gasteiger partial charge on any atom is -0.487 e. The molecule has 0 atom stereocenters. The van der Waals surface area contributed by atoms with Gasteiger partial charge < -0.3 is 29.3 Å². The first kappa shape index (κ1) is 28.6. The molecule has 2 aliphatic heterocycles. The van der Waals surface area contributed by atoms with Gasteiger partial charge in [-0.2, -0.15) is 0 Å². The second-order valence-corrected chi connectivity index (χ2v) is 10.6. The van der Waals surface area contributed by atoms with Gasteiger partial charge in [-0.15, -0.1) is 0 Å². The highest BCUT2D eigenvalue weighted by atomic mass is 35.5. The number of hydrogen-bond donors (Lipinski definition) is 1. The lowest BCUT2D eigenvalue weighted by molar-refractivity contribution is -0.139. The summed E-state index contributed by atoms with van der Waals surface area (Å²) in [5.74, 6) is 1.51. The van der Waals surface area contributed by atoms with Gasteiger partial charge in [0.1, 0.15) is 6.61 Å². The SMILES string of the molecule is Cc1cc(C)nc(N2CCC(C(=O)N3CCOCCOc4ccccc4Oc4ccc(Cl)cc4NC(=O)C3)CC2)n1. The topological polar surface area (TPSA) is 106 Å². The van der Waals surface area contributed by atoms with E-state index < -0.39 is 0 Å². The van der Waals surface area contributed by atoms with E-state index in [1.165, 1.54) is 0 Å². The summed E-state index contributed by atoms with van der Waals surface area (Å²) in [7, 11) is 0. The molecule has 2 amide bonds. The summed E-state index contributed by atoms with van der Waals surface area (Å²) in [5.41, 5.74) is 2.24. The van der Waals surface area contributed by atoms with E-state index in [-0.39, 0.29) is 37.4 Å². The van der Waals surface area contributed by atoms with Crippen molar-refractivity contribution in [2.24, 2.45) is 5.92 Å². The third-order valence-corrected chi connectivity index (χ3v) is 7.25. The van der Waals surface area contributed by atoms with Gasteiger partial charge in [0.15, 0.2) is 17.2 Å². The third kappa shape index (κ3) is 7.45. The van der Waals surface area contributed by atoms with Gasteiger partial charge in [-0.3, -0.25) is 9.59 Å². The van der Waals surface area contributed by atoms with Crippen LogP contribution < -0.4 is 19.7 Å². The maximum Gasteiger partial charge on any atom is 0.244 e. The number of hydrogen-bond acceptors (Lipinski definition) is 8. The fraction of sp³-hybridized carbons (Fsp3) is 0.400. The molecule has 0 radical (unpaired) electrons. The first-order valence-corrected chi connectivity index (χ1v) is 14.2. The maximum atomic E-state index is 13.7. The third-order valence-electron chi connectivity index (χ3n) is 7.02. The fourth-order valence-electron chi connectivity index (χ4n) is 5.01. The highest BCUT2D eigenvalue weighted by molar-refractivity contribution is 6.31. The molecule has 3 heterocycles. The van der Waals surface area contributed by atoms with Crippen molar-refractivity contribution in [2.75, 3.05) is 56.2 Å². The average molecular weight is 580 g/mol. The van der Waals surface area contributed by atoms with E-state index in [2.05, 4.69) is 20.2 Å². The highest BCUT2D eigenvalue weighted by Crippen LogP contribution is 2.36. The lowest BCUT2D eigenvalue weighted by atomic mass is 9.95. The van der Waals surface area contributed by atoms with Gasteiger partial charge in [-0.25, -0.2) is 9.97 Å². The van der Waals surface area contributed by atoms with E-state index in [1.807, 2.05) is 32.0 Å². The number of carbonyl (C=O) groups is 2. The number of benzene rings is 2. The van der Waals surface area contributed by atoms with Gasteiger partial charge >= 0.3 is 0 Å². The predicted octanol–water partition coefficient (Wildman–Crippen LogP) is 4.63. The molecule has 0 aliphatic carbocycles. The molecule has 0 bridgehead atoms.